The first-order valence-electron chi connectivity index (χ1n) is 21.2. The summed E-state index contributed by atoms with van der Waals surface area (Å²) in [6.45, 7) is 0. The predicted molar refractivity (Wildman–Crippen MR) is 267 cm³/mol. The van der Waals surface area contributed by atoms with Crippen LogP contribution in [0.3, 0.4) is 0 Å². The highest BCUT2D eigenvalue weighted by Crippen LogP contribution is 2.49. The number of thiophene rings is 1. The molecule has 0 N–H and O–H groups in total. The Hall–Kier alpha value is -7.78. The molecule has 0 unspecified atom stereocenters. The SMILES string of the molecule is c1ccc(-c2cccc(-c3ccc(N(c4ccc(-c5cccc6sc7ccccc7c56)cc4)c4cccc(-c5ccccc5)c4-c4ccccc4-c4ccccc4)cc3)c2)cc1. The molecule has 11 rings (SSSR count). The van der Waals surface area contributed by atoms with Crippen molar-refractivity contribution in [3.05, 3.63) is 249 Å². The van der Waals surface area contributed by atoms with Gasteiger partial charge in [-0.2, -0.15) is 0 Å². The van der Waals surface area contributed by atoms with Gasteiger partial charge in [0.15, 0.2) is 0 Å². The van der Waals surface area contributed by atoms with Gasteiger partial charge in [-0.15, -0.1) is 11.3 Å². The fourth-order valence-electron chi connectivity index (χ4n) is 8.98. The summed E-state index contributed by atoms with van der Waals surface area (Å²) in [7, 11) is 0. The molecular formula is C60H41NS. The Morgan fingerprint density at radius 1 is 0.274 bits per heavy atom. The molecular weight excluding hydrogens is 767 g/mol. The lowest BCUT2D eigenvalue weighted by atomic mass is 9.87. The molecule has 0 radical (unpaired) electrons. The second-order valence-corrected chi connectivity index (χ2v) is 16.7. The predicted octanol–water partition coefficient (Wildman–Crippen LogP) is 17.5. The van der Waals surface area contributed by atoms with Gasteiger partial charge in [-0.1, -0.05) is 200 Å². The van der Waals surface area contributed by atoms with E-state index >= 15 is 0 Å². The summed E-state index contributed by atoms with van der Waals surface area (Å²) in [5.74, 6) is 0. The Balaban J connectivity index is 1.10. The normalized spacial score (nSPS) is 11.2. The first kappa shape index (κ1) is 37.2. The van der Waals surface area contributed by atoms with Crippen LogP contribution in [0.1, 0.15) is 0 Å². The maximum atomic E-state index is 2.44. The summed E-state index contributed by atoms with van der Waals surface area (Å²) in [4.78, 5) is 2.44. The van der Waals surface area contributed by atoms with Gasteiger partial charge in [-0.05, 0) is 110 Å². The molecule has 62 heavy (non-hydrogen) atoms. The molecule has 1 nitrogen and oxygen atoms in total. The van der Waals surface area contributed by atoms with Crippen molar-refractivity contribution >= 4 is 48.6 Å². The molecule has 1 heterocycles. The lowest BCUT2D eigenvalue weighted by molar-refractivity contribution is 1.28. The number of hydrogen-bond acceptors (Lipinski definition) is 2. The molecule has 0 atom stereocenters. The molecule has 0 spiro atoms. The topological polar surface area (TPSA) is 3.24 Å². The summed E-state index contributed by atoms with van der Waals surface area (Å²) in [6, 6.07) is 90.4. The van der Waals surface area contributed by atoms with Crippen molar-refractivity contribution in [2.75, 3.05) is 4.90 Å². The van der Waals surface area contributed by atoms with Crippen molar-refractivity contribution in [3.8, 4) is 66.8 Å². The summed E-state index contributed by atoms with van der Waals surface area (Å²) in [5.41, 5.74) is 17.6. The van der Waals surface area contributed by atoms with Gasteiger partial charge in [0.25, 0.3) is 0 Å². The van der Waals surface area contributed by atoms with Crippen LogP contribution in [-0.4, -0.2) is 0 Å². The molecule has 0 saturated heterocycles. The van der Waals surface area contributed by atoms with Crippen LogP contribution in [0.4, 0.5) is 17.1 Å². The Kier molecular flexibility index (Phi) is 9.82. The molecule has 0 aliphatic heterocycles. The Morgan fingerprint density at radius 3 is 1.39 bits per heavy atom. The summed E-state index contributed by atoms with van der Waals surface area (Å²) in [5, 5.41) is 2.63. The van der Waals surface area contributed by atoms with Crippen molar-refractivity contribution in [1.82, 2.24) is 0 Å². The van der Waals surface area contributed by atoms with Crippen molar-refractivity contribution < 1.29 is 0 Å². The molecule has 0 amide bonds. The van der Waals surface area contributed by atoms with E-state index in [2.05, 4.69) is 254 Å². The lowest BCUT2D eigenvalue weighted by Crippen LogP contribution is -2.12. The van der Waals surface area contributed by atoms with Crippen LogP contribution >= 0.6 is 11.3 Å². The minimum atomic E-state index is 1.08. The van der Waals surface area contributed by atoms with Gasteiger partial charge in [0, 0.05) is 37.1 Å². The minimum absolute atomic E-state index is 1.08. The molecule has 0 bridgehead atoms. The van der Waals surface area contributed by atoms with Crippen LogP contribution in [0, 0.1) is 0 Å². The Bertz CT molecular complexity index is 3310. The van der Waals surface area contributed by atoms with Crippen LogP contribution in [0.2, 0.25) is 0 Å². The van der Waals surface area contributed by atoms with E-state index in [1.165, 1.54) is 86.9 Å². The lowest BCUT2D eigenvalue weighted by Gasteiger charge is -2.30. The third-order valence-electron chi connectivity index (χ3n) is 11.9. The van der Waals surface area contributed by atoms with E-state index in [0.717, 1.165) is 17.1 Å². The van der Waals surface area contributed by atoms with Crippen LogP contribution in [0.5, 0.6) is 0 Å². The first-order chi connectivity index (χ1) is 30.8. The first-order valence-corrected chi connectivity index (χ1v) is 22.0. The van der Waals surface area contributed by atoms with E-state index in [9.17, 15) is 0 Å². The second kappa shape index (κ2) is 16.3. The molecule has 0 aliphatic rings. The highest BCUT2D eigenvalue weighted by atomic mass is 32.1. The molecule has 292 valence electrons. The highest BCUT2D eigenvalue weighted by molar-refractivity contribution is 7.25. The number of fused-ring (bicyclic) bond motifs is 3. The summed E-state index contributed by atoms with van der Waals surface area (Å²) >= 11 is 1.86. The van der Waals surface area contributed by atoms with Gasteiger partial charge in [0.05, 0.1) is 5.69 Å². The average Bonchev–Trinajstić information content (AvgIpc) is 3.75. The number of rotatable bonds is 9. The van der Waals surface area contributed by atoms with E-state index in [4.69, 9.17) is 0 Å². The largest absolute Gasteiger partial charge is 0.310 e. The van der Waals surface area contributed by atoms with Crippen molar-refractivity contribution in [2.24, 2.45) is 0 Å². The van der Waals surface area contributed by atoms with Crippen molar-refractivity contribution in [1.29, 1.82) is 0 Å². The minimum Gasteiger partial charge on any atom is -0.310 e. The van der Waals surface area contributed by atoms with Gasteiger partial charge in [-0.25, -0.2) is 0 Å². The quantitative estimate of drug-likeness (QED) is 0.140. The van der Waals surface area contributed by atoms with Crippen molar-refractivity contribution in [3.63, 3.8) is 0 Å². The number of nitrogens with zero attached hydrogens (tertiary/aromatic N) is 1. The fraction of sp³-hybridized carbons (Fsp3) is 0. The molecule has 0 fully saturated rings. The van der Waals surface area contributed by atoms with Gasteiger partial charge in [0.1, 0.15) is 0 Å². The van der Waals surface area contributed by atoms with E-state index in [-0.39, 0.29) is 0 Å². The Morgan fingerprint density at radius 2 is 0.710 bits per heavy atom. The molecule has 1 aromatic heterocycles. The van der Waals surface area contributed by atoms with Gasteiger partial charge in [-0.3, -0.25) is 0 Å². The average molecular weight is 808 g/mol. The Labute approximate surface area is 367 Å². The zero-order valence-corrected chi connectivity index (χ0v) is 34.8. The third kappa shape index (κ3) is 6.97. The van der Waals surface area contributed by atoms with E-state index in [0.29, 0.717) is 0 Å². The van der Waals surface area contributed by atoms with Crippen LogP contribution in [-0.2, 0) is 0 Å². The zero-order chi connectivity index (χ0) is 41.2. The van der Waals surface area contributed by atoms with Gasteiger partial charge >= 0.3 is 0 Å². The smallest absolute Gasteiger partial charge is 0.0546 e. The van der Waals surface area contributed by atoms with Gasteiger partial charge in [0.2, 0.25) is 0 Å². The highest BCUT2D eigenvalue weighted by Gasteiger charge is 2.23. The van der Waals surface area contributed by atoms with E-state index in [1.807, 2.05) is 11.3 Å². The monoisotopic (exact) mass is 807 g/mol. The molecule has 2 heteroatoms. The van der Waals surface area contributed by atoms with Gasteiger partial charge < -0.3 is 4.90 Å². The summed E-state index contributed by atoms with van der Waals surface area (Å²) < 4.78 is 2.62. The van der Waals surface area contributed by atoms with Crippen molar-refractivity contribution in [2.45, 2.75) is 0 Å². The number of benzene rings is 10. The molecule has 0 saturated carbocycles. The molecule has 11 aromatic rings. The maximum absolute atomic E-state index is 2.44. The number of hydrogen-bond donors (Lipinski definition) is 0. The van der Waals surface area contributed by atoms with Crippen LogP contribution < -0.4 is 4.90 Å². The fourth-order valence-corrected chi connectivity index (χ4v) is 10.1. The maximum Gasteiger partial charge on any atom is 0.0546 e. The standard InChI is InChI=1S/C60H41NS/c1-4-17-42(18-5-1)47-23-14-24-48(41-47)43-33-37-49(38-34-43)61(50-39-35-46(36-40-50)53-29-16-32-58-60(53)55-27-12-13-31-57(55)62-58)56-30-15-28-52(45-21-8-3-9-22-45)59(56)54-26-11-10-25-51(54)44-19-6-2-7-20-44/h1-41H. The van der Waals surface area contributed by atoms with E-state index < -0.39 is 0 Å². The zero-order valence-electron chi connectivity index (χ0n) is 34.0. The second-order valence-electron chi connectivity index (χ2n) is 15.6. The molecule has 10 aromatic carbocycles. The molecule has 0 aliphatic carbocycles. The number of anilines is 3. The summed E-state index contributed by atoms with van der Waals surface area (Å²) in [6.07, 6.45) is 0. The van der Waals surface area contributed by atoms with E-state index in [1.54, 1.807) is 0 Å². The van der Waals surface area contributed by atoms with Crippen LogP contribution in [0.25, 0.3) is 86.9 Å². The van der Waals surface area contributed by atoms with Crippen LogP contribution in [0.15, 0.2) is 249 Å². The third-order valence-corrected chi connectivity index (χ3v) is 13.1.